The smallest absolute Gasteiger partial charge is 0.0620 e. The minimum absolute atomic E-state index is 0.501. The first-order valence-corrected chi connectivity index (χ1v) is 7.38. The zero-order chi connectivity index (χ0) is 13.5. The fourth-order valence-electron chi connectivity index (χ4n) is 2.43. The molecule has 0 spiro atoms. The molecule has 1 unspecified atom stereocenters. The van der Waals surface area contributed by atoms with Crippen molar-refractivity contribution in [2.75, 3.05) is 31.6 Å². The first-order valence-electron chi connectivity index (χ1n) is 7.38. The van der Waals surface area contributed by atoms with Crippen LogP contribution in [0.5, 0.6) is 0 Å². The van der Waals surface area contributed by atoms with Gasteiger partial charge < -0.3 is 15.4 Å². The summed E-state index contributed by atoms with van der Waals surface area (Å²) in [5.74, 6) is 0.719. The van der Waals surface area contributed by atoms with Crippen LogP contribution in [0.2, 0.25) is 0 Å². The number of hydrogen-bond donors (Lipinski definition) is 2. The fraction of sp³-hybridized carbons (Fsp3) is 0.625. The maximum Gasteiger partial charge on any atom is 0.0620 e. The molecule has 1 aromatic rings. The standard InChI is InChI=1S/C16H26N2O/c1-13(2)11-14-3-5-15(6-4-14)17-8-7-16-12-19-10-9-18-16/h3-6,13,16-18H,7-12H2,1-2H3. The molecule has 2 rings (SSSR count). The van der Waals surface area contributed by atoms with Gasteiger partial charge in [-0.3, -0.25) is 0 Å². The predicted molar refractivity (Wildman–Crippen MR) is 80.7 cm³/mol. The van der Waals surface area contributed by atoms with Gasteiger partial charge in [-0.05, 0) is 36.5 Å². The van der Waals surface area contributed by atoms with Crippen LogP contribution in [0.1, 0.15) is 25.8 Å². The molecule has 1 aliphatic heterocycles. The number of anilines is 1. The Morgan fingerprint density at radius 3 is 2.74 bits per heavy atom. The molecule has 1 fully saturated rings. The van der Waals surface area contributed by atoms with Crippen LogP contribution in [-0.4, -0.2) is 32.3 Å². The highest BCUT2D eigenvalue weighted by Crippen LogP contribution is 2.13. The van der Waals surface area contributed by atoms with E-state index in [1.807, 2.05) is 0 Å². The molecule has 3 heteroatoms. The number of hydrogen-bond acceptors (Lipinski definition) is 3. The molecule has 0 amide bonds. The second-order valence-corrected chi connectivity index (χ2v) is 5.74. The Morgan fingerprint density at radius 1 is 1.32 bits per heavy atom. The van der Waals surface area contributed by atoms with Gasteiger partial charge in [0.25, 0.3) is 0 Å². The maximum atomic E-state index is 5.45. The number of ether oxygens (including phenoxy) is 1. The van der Waals surface area contributed by atoms with Crippen LogP contribution in [0.4, 0.5) is 5.69 Å². The zero-order valence-electron chi connectivity index (χ0n) is 12.1. The Morgan fingerprint density at radius 2 is 2.11 bits per heavy atom. The monoisotopic (exact) mass is 262 g/mol. The molecule has 1 atom stereocenters. The van der Waals surface area contributed by atoms with E-state index in [9.17, 15) is 0 Å². The van der Waals surface area contributed by atoms with Crippen LogP contribution in [0.25, 0.3) is 0 Å². The Hall–Kier alpha value is -1.06. The highest BCUT2D eigenvalue weighted by atomic mass is 16.5. The zero-order valence-corrected chi connectivity index (χ0v) is 12.1. The van der Waals surface area contributed by atoms with E-state index in [0.717, 1.165) is 45.1 Å². The number of rotatable bonds is 6. The van der Waals surface area contributed by atoms with Gasteiger partial charge >= 0.3 is 0 Å². The molecule has 0 radical (unpaired) electrons. The van der Waals surface area contributed by atoms with Gasteiger partial charge in [-0.2, -0.15) is 0 Å². The van der Waals surface area contributed by atoms with E-state index < -0.39 is 0 Å². The highest BCUT2D eigenvalue weighted by Gasteiger charge is 2.11. The first kappa shape index (κ1) is 14.4. The number of nitrogens with one attached hydrogen (secondary N) is 2. The van der Waals surface area contributed by atoms with Crippen LogP contribution in [0.3, 0.4) is 0 Å². The average Bonchev–Trinajstić information content (AvgIpc) is 2.41. The van der Waals surface area contributed by atoms with E-state index in [1.54, 1.807) is 0 Å². The van der Waals surface area contributed by atoms with Crippen LogP contribution in [0, 0.1) is 5.92 Å². The molecule has 106 valence electrons. The number of benzene rings is 1. The number of morpholine rings is 1. The summed E-state index contributed by atoms with van der Waals surface area (Å²) in [6.07, 6.45) is 2.26. The molecule has 19 heavy (non-hydrogen) atoms. The van der Waals surface area contributed by atoms with Crippen molar-refractivity contribution >= 4 is 5.69 Å². The largest absolute Gasteiger partial charge is 0.385 e. The summed E-state index contributed by atoms with van der Waals surface area (Å²) in [6.45, 7) is 8.17. The van der Waals surface area contributed by atoms with Crippen molar-refractivity contribution < 1.29 is 4.74 Å². The van der Waals surface area contributed by atoms with Crippen molar-refractivity contribution in [1.82, 2.24) is 5.32 Å². The van der Waals surface area contributed by atoms with Crippen LogP contribution >= 0.6 is 0 Å². The Kier molecular flexibility index (Phi) is 5.67. The van der Waals surface area contributed by atoms with E-state index in [4.69, 9.17) is 4.74 Å². The average molecular weight is 262 g/mol. The highest BCUT2D eigenvalue weighted by molar-refractivity contribution is 5.44. The minimum atomic E-state index is 0.501. The predicted octanol–water partition coefficient (Wildman–Crippen LogP) is 2.68. The van der Waals surface area contributed by atoms with Crippen molar-refractivity contribution in [3.63, 3.8) is 0 Å². The molecular weight excluding hydrogens is 236 g/mol. The summed E-state index contributed by atoms with van der Waals surface area (Å²) in [7, 11) is 0. The molecule has 2 N–H and O–H groups in total. The third-order valence-corrected chi connectivity index (χ3v) is 3.42. The van der Waals surface area contributed by atoms with E-state index in [1.165, 1.54) is 11.3 Å². The van der Waals surface area contributed by atoms with Gasteiger partial charge in [0.05, 0.1) is 13.2 Å². The topological polar surface area (TPSA) is 33.3 Å². The molecule has 0 saturated carbocycles. The van der Waals surface area contributed by atoms with Crippen molar-refractivity contribution in [1.29, 1.82) is 0 Å². The Bertz CT molecular complexity index is 356. The third kappa shape index (κ3) is 5.21. The first-order chi connectivity index (χ1) is 9.24. The van der Waals surface area contributed by atoms with E-state index in [-0.39, 0.29) is 0 Å². The summed E-state index contributed by atoms with van der Waals surface area (Å²) in [5.41, 5.74) is 2.63. The minimum Gasteiger partial charge on any atom is -0.385 e. The summed E-state index contributed by atoms with van der Waals surface area (Å²) >= 11 is 0. The van der Waals surface area contributed by atoms with E-state index >= 15 is 0 Å². The van der Waals surface area contributed by atoms with E-state index in [0.29, 0.717) is 6.04 Å². The third-order valence-electron chi connectivity index (χ3n) is 3.42. The van der Waals surface area contributed by atoms with Crippen LogP contribution < -0.4 is 10.6 Å². The molecule has 0 aliphatic carbocycles. The van der Waals surface area contributed by atoms with Gasteiger partial charge in [0.1, 0.15) is 0 Å². The van der Waals surface area contributed by atoms with Crippen LogP contribution in [-0.2, 0) is 11.2 Å². The Labute approximate surface area is 116 Å². The molecule has 1 aliphatic rings. The molecule has 1 heterocycles. The summed E-state index contributed by atoms with van der Waals surface area (Å²) in [4.78, 5) is 0. The summed E-state index contributed by atoms with van der Waals surface area (Å²) < 4.78 is 5.45. The molecule has 3 nitrogen and oxygen atoms in total. The lowest BCUT2D eigenvalue weighted by Gasteiger charge is -2.23. The molecule has 1 aromatic carbocycles. The van der Waals surface area contributed by atoms with Gasteiger partial charge in [-0.15, -0.1) is 0 Å². The lowest BCUT2D eigenvalue weighted by atomic mass is 10.0. The maximum absolute atomic E-state index is 5.45. The summed E-state index contributed by atoms with van der Waals surface area (Å²) in [5, 5.41) is 6.95. The van der Waals surface area contributed by atoms with Crippen molar-refractivity contribution in [2.24, 2.45) is 5.92 Å². The van der Waals surface area contributed by atoms with Gasteiger partial charge in [0, 0.05) is 24.8 Å². The lowest BCUT2D eigenvalue weighted by Crippen LogP contribution is -2.42. The quantitative estimate of drug-likeness (QED) is 0.827. The normalized spacial score (nSPS) is 19.6. The summed E-state index contributed by atoms with van der Waals surface area (Å²) in [6, 6.07) is 9.32. The fourth-order valence-corrected chi connectivity index (χ4v) is 2.43. The second kappa shape index (κ2) is 7.51. The molecule has 0 aromatic heterocycles. The SMILES string of the molecule is CC(C)Cc1ccc(NCCC2COCCN2)cc1. The van der Waals surface area contributed by atoms with Crippen molar-refractivity contribution in [3.8, 4) is 0 Å². The van der Waals surface area contributed by atoms with Gasteiger partial charge in [-0.25, -0.2) is 0 Å². The molecule has 1 saturated heterocycles. The molecule has 0 bridgehead atoms. The van der Waals surface area contributed by atoms with Crippen molar-refractivity contribution in [2.45, 2.75) is 32.7 Å². The second-order valence-electron chi connectivity index (χ2n) is 5.74. The Balaban J connectivity index is 1.70. The lowest BCUT2D eigenvalue weighted by molar-refractivity contribution is 0.0753. The van der Waals surface area contributed by atoms with Crippen molar-refractivity contribution in [3.05, 3.63) is 29.8 Å². The van der Waals surface area contributed by atoms with Gasteiger partial charge in [0.2, 0.25) is 0 Å². The van der Waals surface area contributed by atoms with Crippen LogP contribution in [0.15, 0.2) is 24.3 Å². The molecular formula is C16H26N2O. The van der Waals surface area contributed by atoms with Gasteiger partial charge in [0.15, 0.2) is 0 Å². The van der Waals surface area contributed by atoms with Gasteiger partial charge in [-0.1, -0.05) is 26.0 Å². The van der Waals surface area contributed by atoms with E-state index in [2.05, 4.69) is 48.7 Å².